The summed E-state index contributed by atoms with van der Waals surface area (Å²) in [5.41, 5.74) is 5.62. The van der Waals surface area contributed by atoms with Gasteiger partial charge in [-0.05, 0) is 13.0 Å². The maximum Gasteiger partial charge on any atom is 0.269 e. The Morgan fingerprint density at radius 3 is 2.56 bits per heavy atom. The summed E-state index contributed by atoms with van der Waals surface area (Å²) < 4.78 is 0.768. The van der Waals surface area contributed by atoms with E-state index in [1.165, 1.54) is 38.5 Å². The Bertz CT molecular complexity index is 195. The Hall–Kier alpha value is 0.492. The third-order valence-corrected chi connectivity index (χ3v) is 10.2. The molecule has 1 aliphatic rings. The van der Waals surface area contributed by atoms with Gasteiger partial charge >= 0.3 is 0 Å². The molecular weight excluding hydrogens is 209 g/mol. The Morgan fingerprint density at radius 1 is 1.31 bits per heavy atom. The van der Waals surface area contributed by atoms with Crippen molar-refractivity contribution in [3.05, 3.63) is 0 Å². The predicted octanol–water partition coefficient (Wildman–Crippen LogP) is 4.21. The lowest BCUT2D eigenvalue weighted by Gasteiger charge is -2.35. The smallest absolute Gasteiger partial charge is 0.269 e. The van der Waals surface area contributed by atoms with E-state index in [0.29, 0.717) is 0 Å². The van der Waals surface area contributed by atoms with Gasteiger partial charge in [0.05, 0.1) is 0 Å². The van der Waals surface area contributed by atoms with Gasteiger partial charge in [0.1, 0.15) is 0 Å². The van der Waals surface area contributed by atoms with Gasteiger partial charge in [-0.25, -0.2) is 0 Å². The van der Waals surface area contributed by atoms with Gasteiger partial charge in [-0.1, -0.05) is 73.6 Å². The van der Waals surface area contributed by atoms with Crippen LogP contribution in [0.15, 0.2) is 0 Å². The van der Waals surface area contributed by atoms with Gasteiger partial charge in [-0.2, -0.15) is 0 Å². The van der Waals surface area contributed by atoms with Gasteiger partial charge in [-0.3, -0.25) is 0 Å². The normalized spacial score (nSPS) is 29.6. The minimum atomic E-state index is -0.546. The summed E-state index contributed by atoms with van der Waals surface area (Å²) in [5, 5.41) is 3.11. The fourth-order valence-electron chi connectivity index (χ4n) is 3.66. The quantitative estimate of drug-likeness (QED) is 0.522. The molecule has 1 saturated carbocycles. The summed E-state index contributed by atoms with van der Waals surface area (Å²) in [6, 6.07) is 0. The highest BCUT2D eigenvalue weighted by atomic mass is 27.2. The molecule has 0 aromatic heterocycles. The molecule has 0 bridgehead atoms. The minimum absolute atomic E-state index is 0.546. The highest BCUT2D eigenvalue weighted by Crippen LogP contribution is 2.53. The van der Waals surface area contributed by atoms with E-state index in [1.807, 2.05) is 0 Å². The van der Waals surface area contributed by atoms with E-state index in [1.54, 1.807) is 10.6 Å². The first-order valence-electron chi connectivity index (χ1n) is 7.35. The lowest BCUT2D eigenvalue weighted by molar-refractivity contribution is 0.460. The molecule has 2 unspecified atom stereocenters. The van der Waals surface area contributed by atoms with Gasteiger partial charge in [-0.15, -0.1) is 0 Å². The second-order valence-corrected chi connectivity index (χ2v) is 9.94. The average Bonchev–Trinajstić information content (AvgIpc) is 2.59. The Labute approximate surface area is 107 Å². The van der Waals surface area contributed by atoms with Crippen molar-refractivity contribution in [1.29, 1.82) is 0 Å². The van der Waals surface area contributed by atoms with Gasteiger partial charge in [0.25, 0.3) is 14.1 Å². The van der Waals surface area contributed by atoms with E-state index in [9.17, 15) is 0 Å². The number of hydrogen-bond donors (Lipinski definition) is 1. The van der Waals surface area contributed by atoms with Crippen LogP contribution in [0.5, 0.6) is 0 Å². The molecule has 1 nitrogen and oxygen atoms in total. The molecule has 0 saturated heterocycles. The molecule has 1 rings (SSSR count). The first-order chi connectivity index (χ1) is 7.65. The summed E-state index contributed by atoms with van der Waals surface area (Å²) in [7, 11) is 0. The molecule has 2 N–H and O–H groups in total. The van der Waals surface area contributed by atoms with Crippen molar-refractivity contribution in [3.8, 4) is 0 Å². The maximum absolute atomic E-state index is 5.62. The van der Waals surface area contributed by atoms with Crippen LogP contribution in [-0.2, 0) is 0 Å². The third-order valence-electron chi connectivity index (χ3n) is 5.05. The van der Waals surface area contributed by atoms with Crippen LogP contribution in [-0.4, -0.2) is 20.7 Å². The molecule has 0 aromatic carbocycles. The fourth-order valence-corrected chi connectivity index (χ4v) is 8.33. The highest BCUT2D eigenvalue weighted by Gasteiger charge is 2.44. The van der Waals surface area contributed by atoms with E-state index in [2.05, 4.69) is 20.8 Å². The van der Waals surface area contributed by atoms with Crippen molar-refractivity contribution in [3.63, 3.8) is 0 Å². The van der Waals surface area contributed by atoms with Crippen LogP contribution in [0.25, 0.3) is 0 Å². The van der Waals surface area contributed by atoms with Crippen LogP contribution < -0.4 is 5.73 Å². The Morgan fingerprint density at radius 2 is 2.06 bits per heavy atom. The monoisotopic (exact) mass is 239 g/mol. The molecule has 2 heteroatoms. The van der Waals surface area contributed by atoms with Crippen LogP contribution in [0.3, 0.4) is 0 Å². The number of rotatable bonds is 7. The minimum Gasteiger partial charge on any atom is -0.330 e. The number of unbranched alkanes of at least 4 members (excludes halogenated alkanes) is 1. The molecule has 0 aromatic rings. The molecule has 94 valence electrons. The first-order valence-corrected chi connectivity index (χ1v) is 9.56. The third kappa shape index (κ3) is 3.49. The van der Waals surface area contributed by atoms with E-state index in [0.717, 1.165) is 16.7 Å². The SMILES string of the molecule is CC[CH2][Al]([CH2]CCCN)[C]1(C)CCCC1C. The number of nitrogens with two attached hydrogens (primary N) is 1. The van der Waals surface area contributed by atoms with E-state index in [-0.39, 0.29) is 0 Å². The Balaban J connectivity index is 2.53. The largest absolute Gasteiger partial charge is 0.330 e. The molecule has 0 amide bonds. The first kappa shape index (κ1) is 14.6. The van der Waals surface area contributed by atoms with E-state index in [4.69, 9.17) is 5.73 Å². The molecule has 0 aliphatic heterocycles. The van der Waals surface area contributed by atoms with Crippen molar-refractivity contribution in [2.75, 3.05) is 6.54 Å². The fraction of sp³-hybridized carbons (Fsp3) is 1.00. The molecule has 0 spiro atoms. The lowest BCUT2D eigenvalue weighted by Crippen LogP contribution is -2.32. The summed E-state index contributed by atoms with van der Waals surface area (Å²) in [6.45, 7) is 8.37. The zero-order chi connectivity index (χ0) is 12.0. The van der Waals surface area contributed by atoms with Gasteiger partial charge < -0.3 is 5.73 Å². The molecule has 16 heavy (non-hydrogen) atoms. The molecule has 0 heterocycles. The second kappa shape index (κ2) is 7.04. The van der Waals surface area contributed by atoms with Crippen LogP contribution in [0, 0.1) is 5.92 Å². The molecule has 0 radical (unpaired) electrons. The standard InChI is InChI=1S/C7H13.C4H10N.C3H7.Al/c1-6-4-3-5-7(6)2;1-2-3-4-5;1-3-2;/h6H,3-5H2,1-2H3;1-5H2;1,3H2,2H3;. The van der Waals surface area contributed by atoms with Crippen molar-refractivity contribution < 1.29 is 0 Å². The summed E-state index contributed by atoms with van der Waals surface area (Å²) in [6.07, 6.45) is 8.55. The summed E-state index contributed by atoms with van der Waals surface area (Å²) >= 11 is -0.546. The molecule has 1 aliphatic carbocycles. The van der Waals surface area contributed by atoms with Crippen LogP contribution in [0.4, 0.5) is 0 Å². The average molecular weight is 239 g/mol. The second-order valence-electron chi connectivity index (χ2n) is 6.07. The van der Waals surface area contributed by atoms with E-state index >= 15 is 0 Å². The lowest BCUT2D eigenvalue weighted by atomic mass is 9.99. The summed E-state index contributed by atoms with van der Waals surface area (Å²) in [5.74, 6) is 0.994. The predicted molar refractivity (Wildman–Crippen MR) is 75.3 cm³/mol. The van der Waals surface area contributed by atoms with Crippen LogP contribution in [0.1, 0.15) is 59.3 Å². The van der Waals surface area contributed by atoms with Crippen molar-refractivity contribution in [1.82, 2.24) is 0 Å². The van der Waals surface area contributed by atoms with Crippen molar-refractivity contribution in [2.24, 2.45) is 11.7 Å². The summed E-state index contributed by atoms with van der Waals surface area (Å²) in [4.78, 5) is 0. The van der Waals surface area contributed by atoms with Gasteiger partial charge in [0.2, 0.25) is 0 Å². The number of hydrogen-bond acceptors (Lipinski definition) is 1. The van der Waals surface area contributed by atoms with Crippen LogP contribution >= 0.6 is 0 Å². The molecular formula is C14H30AlN. The van der Waals surface area contributed by atoms with Crippen molar-refractivity contribution in [2.45, 2.75) is 74.1 Å². The van der Waals surface area contributed by atoms with Gasteiger partial charge in [0, 0.05) is 0 Å². The maximum atomic E-state index is 5.62. The van der Waals surface area contributed by atoms with Crippen LogP contribution in [0.2, 0.25) is 14.8 Å². The highest BCUT2D eigenvalue weighted by molar-refractivity contribution is 6.62. The van der Waals surface area contributed by atoms with Crippen molar-refractivity contribution >= 4 is 14.1 Å². The Kier molecular flexibility index (Phi) is 6.41. The zero-order valence-corrected chi connectivity index (χ0v) is 12.8. The molecule has 2 atom stereocenters. The van der Waals surface area contributed by atoms with E-state index < -0.39 is 14.1 Å². The van der Waals surface area contributed by atoms with Gasteiger partial charge in [0.15, 0.2) is 0 Å². The zero-order valence-electron chi connectivity index (χ0n) is 11.6. The topological polar surface area (TPSA) is 26.0 Å². The molecule has 1 fully saturated rings.